The van der Waals surface area contributed by atoms with Crippen LogP contribution < -0.4 is 5.32 Å². The van der Waals surface area contributed by atoms with Gasteiger partial charge in [-0.25, -0.2) is 0 Å². The number of hydrogen-bond donors (Lipinski definition) is 1. The summed E-state index contributed by atoms with van der Waals surface area (Å²) in [6, 6.07) is 10.9. The van der Waals surface area contributed by atoms with Gasteiger partial charge >= 0.3 is 0 Å². The third kappa shape index (κ3) is 3.88. The highest BCUT2D eigenvalue weighted by molar-refractivity contribution is 6.30. The molecule has 0 radical (unpaired) electrons. The second kappa shape index (κ2) is 7.77. The predicted molar refractivity (Wildman–Crippen MR) is 104 cm³/mol. The van der Waals surface area contributed by atoms with Crippen molar-refractivity contribution >= 4 is 23.4 Å². The Morgan fingerprint density at radius 3 is 2.59 bits per heavy atom. The minimum atomic E-state index is -0.598. The molecule has 1 saturated carbocycles. The molecule has 0 spiro atoms. The first-order valence-corrected chi connectivity index (χ1v) is 9.99. The van der Waals surface area contributed by atoms with Gasteiger partial charge in [-0.15, -0.1) is 0 Å². The lowest BCUT2D eigenvalue weighted by Gasteiger charge is -2.37. The van der Waals surface area contributed by atoms with E-state index in [9.17, 15) is 9.59 Å². The standard InChI is InChI=1S/C21H24ClN3O2/c22-16-10-8-15(9-11-16)13-25-19(26)14-24-12-4-7-18(24)20(25)21(27)23-17-5-2-1-3-6-17/h4,7-12,17,20H,1-3,5-6,13-14H2,(H,23,27). The summed E-state index contributed by atoms with van der Waals surface area (Å²) in [6.07, 6.45) is 7.45. The van der Waals surface area contributed by atoms with Gasteiger partial charge < -0.3 is 14.8 Å². The van der Waals surface area contributed by atoms with Gasteiger partial charge in [-0.05, 0) is 42.7 Å². The maximum Gasteiger partial charge on any atom is 0.249 e. The maximum atomic E-state index is 13.2. The number of halogens is 1. The van der Waals surface area contributed by atoms with Crippen LogP contribution in [0.25, 0.3) is 0 Å². The van der Waals surface area contributed by atoms with Crippen molar-refractivity contribution in [2.45, 2.75) is 57.3 Å². The van der Waals surface area contributed by atoms with E-state index in [2.05, 4.69) is 5.32 Å². The first-order valence-electron chi connectivity index (χ1n) is 9.61. The Balaban J connectivity index is 1.59. The Morgan fingerprint density at radius 2 is 1.85 bits per heavy atom. The Bertz CT molecular complexity index is 824. The van der Waals surface area contributed by atoms with E-state index in [0.717, 1.165) is 36.9 Å². The normalized spacial score (nSPS) is 20.4. The van der Waals surface area contributed by atoms with Crippen molar-refractivity contribution in [2.75, 3.05) is 0 Å². The second-order valence-corrected chi connectivity index (χ2v) is 7.89. The molecular weight excluding hydrogens is 362 g/mol. The maximum absolute atomic E-state index is 13.2. The quantitative estimate of drug-likeness (QED) is 0.872. The van der Waals surface area contributed by atoms with Crippen LogP contribution in [0.15, 0.2) is 42.6 Å². The summed E-state index contributed by atoms with van der Waals surface area (Å²) in [5.74, 6) is -0.124. The number of amides is 2. The van der Waals surface area contributed by atoms with E-state index in [4.69, 9.17) is 11.6 Å². The lowest BCUT2D eigenvalue weighted by molar-refractivity contribution is -0.144. The average Bonchev–Trinajstić information content (AvgIpc) is 3.12. The van der Waals surface area contributed by atoms with Crippen LogP contribution in [0.4, 0.5) is 0 Å². The summed E-state index contributed by atoms with van der Waals surface area (Å²) in [5.41, 5.74) is 1.83. The summed E-state index contributed by atoms with van der Waals surface area (Å²) >= 11 is 5.97. The first kappa shape index (κ1) is 18.1. The average molecular weight is 386 g/mol. The van der Waals surface area contributed by atoms with E-state index in [-0.39, 0.29) is 24.4 Å². The Hall–Kier alpha value is -2.27. The fourth-order valence-electron chi connectivity index (χ4n) is 4.13. The minimum absolute atomic E-state index is 0.0440. The Labute approximate surface area is 164 Å². The van der Waals surface area contributed by atoms with E-state index < -0.39 is 6.04 Å². The summed E-state index contributed by atoms with van der Waals surface area (Å²) in [4.78, 5) is 27.7. The molecule has 2 heterocycles. The zero-order chi connectivity index (χ0) is 18.8. The largest absolute Gasteiger partial charge is 0.351 e. The molecule has 1 unspecified atom stereocenters. The SMILES string of the molecule is O=C(NC1CCCCC1)C1c2cccn2CC(=O)N1Cc1ccc(Cl)cc1. The molecular formula is C21H24ClN3O2. The fraction of sp³-hybridized carbons (Fsp3) is 0.429. The van der Waals surface area contributed by atoms with Gasteiger partial charge in [0.1, 0.15) is 6.54 Å². The molecule has 1 atom stereocenters. The Morgan fingerprint density at radius 1 is 1.11 bits per heavy atom. The van der Waals surface area contributed by atoms with E-state index in [1.165, 1.54) is 6.42 Å². The highest BCUT2D eigenvalue weighted by Crippen LogP contribution is 2.30. The number of carbonyl (C=O) groups is 2. The zero-order valence-corrected chi connectivity index (χ0v) is 16.0. The third-order valence-electron chi connectivity index (χ3n) is 5.55. The number of hydrogen-bond acceptors (Lipinski definition) is 2. The van der Waals surface area contributed by atoms with Gasteiger partial charge in [0, 0.05) is 23.8 Å². The number of fused-ring (bicyclic) bond motifs is 1. The van der Waals surface area contributed by atoms with E-state index in [1.807, 2.05) is 47.2 Å². The summed E-state index contributed by atoms with van der Waals surface area (Å²) in [5, 5.41) is 3.85. The first-order chi connectivity index (χ1) is 13.1. The number of benzene rings is 1. The van der Waals surface area contributed by atoms with Crippen LogP contribution in [0, 0.1) is 0 Å². The second-order valence-electron chi connectivity index (χ2n) is 7.46. The molecule has 142 valence electrons. The van der Waals surface area contributed by atoms with Gasteiger partial charge in [0.2, 0.25) is 11.8 Å². The van der Waals surface area contributed by atoms with Gasteiger partial charge in [-0.3, -0.25) is 9.59 Å². The van der Waals surface area contributed by atoms with E-state index in [0.29, 0.717) is 11.6 Å². The highest BCUT2D eigenvalue weighted by Gasteiger charge is 2.38. The molecule has 0 bridgehead atoms. The molecule has 4 rings (SSSR count). The van der Waals surface area contributed by atoms with Crippen LogP contribution in [0.1, 0.15) is 49.4 Å². The highest BCUT2D eigenvalue weighted by atomic mass is 35.5. The number of nitrogens with one attached hydrogen (secondary N) is 1. The van der Waals surface area contributed by atoms with Gasteiger partial charge in [-0.1, -0.05) is 43.0 Å². The molecule has 1 aromatic heterocycles. The number of nitrogens with zero attached hydrogens (tertiary/aromatic N) is 2. The van der Waals surface area contributed by atoms with Gasteiger partial charge in [0.15, 0.2) is 6.04 Å². The number of carbonyl (C=O) groups excluding carboxylic acids is 2. The number of aromatic nitrogens is 1. The summed E-state index contributed by atoms with van der Waals surface area (Å²) in [7, 11) is 0. The van der Waals surface area contributed by atoms with Crippen LogP contribution in [0.2, 0.25) is 5.02 Å². The monoisotopic (exact) mass is 385 g/mol. The van der Waals surface area contributed by atoms with Gasteiger partial charge in [0.05, 0.1) is 5.69 Å². The van der Waals surface area contributed by atoms with Crippen LogP contribution in [0.3, 0.4) is 0 Å². The van der Waals surface area contributed by atoms with Crippen molar-refractivity contribution in [1.82, 2.24) is 14.8 Å². The summed E-state index contributed by atoms with van der Waals surface area (Å²) < 4.78 is 1.88. The van der Waals surface area contributed by atoms with Crippen molar-refractivity contribution in [2.24, 2.45) is 0 Å². The molecule has 2 aliphatic rings. The molecule has 6 heteroatoms. The molecule has 1 aliphatic carbocycles. The van der Waals surface area contributed by atoms with Gasteiger partial charge in [0.25, 0.3) is 0 Å². The summed E-state index contributed by atoms with van der Waals surface area (Å²) in [6.45, 7) is 0.660. The van der Waals surface area contributed by atoms with Crippen LogP contribution >= 0.6 is 11.6 Å². The molecule has 5 nitrogen and oxygen atoms in total. The molecule has 1 N–H and O–H groups in total. The zero-order valence-electron chi connectivity index (χ0n) is 15.2. The minimum Gasteiger partial charge on any atom is -0.351 e. The van der Waals surface area contributed by atoms with Gasteiger partial charge in [-0.2, -0.15) is 0 Å². The molecule has 2 aromatic rings. The molecule has 1 aliphatic heterocycles. The third-order valence-corrected chi connectivity index (χ3v) is 5.80. The van der Waals surface area contributed by atoms with Crippen molar-refractivity contribution < 1.29 is 9.59 Å². The van der Waals surface area contributed by atoms with Crippen LogP contribution in [-0.4, -0.2) is 27.3 Å². The fourth-order valence-corrected chi connectivity index (χ4v) is 4.25. The predicted octanol–water partition coefficient (Wildman–Crippen LogP) is 3.67. The van der Waals surface area contributed by atoms with E-state index >= 15 is 0 Å². The lowest BCUT2D eigenvalue weighted by atomic mass is 9.95. The van der Waals surface area contributed by atoms with Crippen molar-refractivity contribution in [3.63, 3.8) is 0 Å². The molecule has 0 saturated heterocycles. The smallest absolute Gasteiger partial charge is 0.249 e. The van der Waals surface area contributed by atoms with Crippen molar-refractivity contribution in [3.8, 4) is 0 Å². The number of rotatable bonds is 4. The lowest BCUT2D eigenvalue weighted by Crippen LogP contribution is -2.50. The van der Waals surface area contributed by atoms with E-state index in [1.54, 1.807) is 4.90 Å². The van der Waals surface area contributed by atoms with Crippen molar-refractivity contribution in [3.05, 3.63) is 58.9 Å². The van der Waals surface area contributed by atoms with Crippen LogP contribution in [0.5, 0.6) is 0 Å². The van der Waals surface area contributed by atoms with Crippen LogP contribution in [-0.2, 0) is 22.7 Å². The molecule has 2 amide bonds. The Kier molecular flexibility index (Phi) is 5.21. The van der Waals surface area contributed by atoms with Crippen molar-refractivity contribution in [1.29, 1.82) is 0 Å². The topological polar surface area (TPSA) is 54.3 Å². The molecule has 1 fully saturated rings. The molecule has 27 heavy (non-hydrogen) atoms. The molecule has 1 aromatic carbocycles.